The highest BCUT2D eigenvalue weighted by atomic mass is 16.1. The lowest BCUT2D eigenvalue weighted by atomic mass is 9.85. The zero-order valence-corrected chi connectivity index (χ0v) is 8.28. The minimum Gasteiger partial charge on any atom is -0.299 e. The van der Waals surface area contributed by atoms with Crippen molar-refractivity contribution in [3.05, 3.63) is 30.1 Å². The molecule has 0 amide bonds. The lowest BCUT2D eigenvalue weighted by Gasteiger charge is -2.19. The molecule has 1 fully saturated rings. The second kappa shape index (κ2) is 4.36. The number of carbonyl (C=O) groups excluding carboxylic acids is 1. The van der Waals surface area contributed by atoms with E-state index in [0.717, 1.165) is 31.4 Å². The third-order valence-corrected chi connectivity index (χ3v) is 2.86. The van der Waals surface area contributed by atoms with Crippen molar-refractivity contribution in [2.45, 2.75) is 32.1 Å². The van der Waals surface area contributed by atoms with E-state index in [4.69, 9.17) is 0 Å². The van der Waals surface area contributed by atoms with Crippen molar-refractivity contribution >= 4 is 5.78 Å². The molecule has 0 bridgehead atoms. The minimum absolute atomic E-state index is 0.235. The number of pyridine rings is 1. The first-order valence-electron chi connectivity index (χ1n) is 5.29. The Bertz CT molecular complexity index is 307. The largest absolute Gasteiger partial charge is 0.299 e. The monoisotopic (exact) mass is 189 g/mol. The fraction of sp³-hybridized carbons (Fsp3) is 0.500. The van der Waals surface area contributed by atoms with Crippen molar-refractivity contribution in [3.63, 3.8) is 0 Å². The molecule has 1 aliphatic rings. The van der Waals surface area contributed by atoms with E-state index in [1.165, 1.54) is 6.42 Å². The molecule has 0 radical (unpaired) electrons. The number of rotatable bonds is 2. The standard InChI is InChI=1S/C12H15NO/c14-12-7-2-1-5-10(12)9-11-6-3-4-8-13-11/h3-4,6,8,10H,1-2,5,7,9H2. The molecule has 1 aromatic rings. The summed E-state index contributed by atoms with van der Waals surface area (Å²) in [5.41, 5.74) is 1.05. The number of ketones is 1. The van der Waals surface area contributed by atoms with Crippen LogP contribution in [0.4, 0.5) is 0 Å². The van der Waals surface area contributed by atoms with E-state index in [-0.39, 0.29) is 5.92 Å². The van der Waals surface area contributed by atoms with Gasteiger partial charge < -0.3 is 0 Å². The van der Waals surface area contributed by atoms with E-state index in [9.17, 15) is 4.79 Å². The van der Waals surface area contributed by atoms with Crippen LogP contribution in [0.5, 0.6) is 0 Å². The second-order valence-electron chi connectivity index (χ2n) is 3.93. The van der Waals surface area contributed by atoms with Gasteiger partial charge in [-0.25, -0.2) is 0 Å². The summed E-state index contributed by atoms with van der Waals surface area (Å²) in [6, 6.07) is 5.89. The SMILES string of the molecule is O=C1CCCCC1Cc1ccccn1. The molecule has 2 heteroatoms. The van der Waals surface area contributed by atoms with Gasteiger partial charge in [-0.3, -0.25) is 9.78 Å². The van der Waals surface area contributed by atoms with Gasteiger partial charge in [0.05, 0.1) is 0 Å². The van der Waals surface area contributed by atoms with Crippen LogP contribution in [0, 0.1) is 5.92 Å². The van der Waals surface area contributed by atoms with Crippen molar-refractivity contribution in [2.24, 2.45) is 5.92 Å². The molecule has 74 valence electrons. The van der Waals surface area contributed by atoms with Crippen LogP contribution in [-0.4, -0.2) is 10.8 Å². The Hall–Kier alpha value is -1.18. The Morgan fingerprint density at radius 1 is 1.36 bits per heavy atom. The van der Waals surface area contributed by atoms with Gasteiger partial charge in [-0.05, 0) is 31.4 Å². The zero-order chi connectivity index (χ0) is 9.80. The number of aromatic nitrogens is 1. The smallest absolute Gasteiger partial charge is 0.136 e. The molecule has 2 rings (SSSR count). The average Bonchev–Trinajstić information content (AvgIpc) is 2.23. The lowest BCUT2D eigenvalue weighted by molar-refractivity contribution is -0.124. The number of nitrogens with zero attached hydrogens (tertiary/aromatic N) is 1. The van der Waals surface area contributed by atoms with Gasteiger partial charge in [0.1, 0.15) is 5.78 Å². The molecule has 2 nitrogen and oxygen atoms in total. The Kier molecular flexibility index (Phi) is 2.92. The zero-order valence-electron chi connectivity index (χ0n) is 8.28. The van der Waals surface area contributed by atoms with Gasteiger partial charge in [0.2, 0.25) is 0 Å². The van der Waals surface area contributed by atoms with Crippen LogP contribution in [-0.2, 0) is 11.2 Å². The molecule has 0 aromatic carbocycles. The topological polar surface area (TPSA) is 30.0 Å². The van der Waals surface area contributed by atoms with E-state index in [1.807, 2.05) is 18.2 Å². The second-order valence-corrected chi connectivity index (χ2v) is 3.93. The van der Waals surface area contributed by atoms with E-state index in [0.29, 0.717) is 5.78 Å². The molecule has 1 aliphatic carbocycles. The van der Waals surface area contributed by atoms with Crippen LogP contribution in [0.2, 0.25) is 0 Å². The fourth-order valence-corrected chi connectivity index (χ4v) is 2.04. The van der Waals surface area contributed by atoms with Crippen molar-refractivity contribution in [1.29, 1.82) is 0 Å². The molecule has 0 aliphatic heterocycles. The van der Waals surface area contributed by atoms with Crippen LogP contribution in [0.3, 0.4) is 0 Å². The quantitative estimate of drug-likeness (QED) is 0.715. The summed E-state index contributed by atoms with van der Waals surface area (Å²) in [7, 11) is 0. The first kappa shape index (κ1) is 9.38. The number of carbonyl (C=O) groups is 1. The lowest BCUT2D eigenvalue weighted by Crippen LogP contribution is -2.21. The summed E-state index contributed by atoms with van der Waals surface area (Å²) >= 11 is 0. The molecular formula is C12H15NO. The van der Waals surface area contributed by atoms with Gasteiger partial charge in [-0.2, -0.15) is 0 Å². The Balaban J connectivity index is 2.00. The normalized spacial score (nSPS) is 22.3. The van der Waals surface area contributed by atoms with E-state index in [2.05, 4.69) is 4.98 Å². The first-order chi connectivity index (χ1) is 6.86. The Labute approximate surface area is 84.4 Å². The predicted octanol–water partition coefficient (Wildman–Crippen LogP) is 2.38. The molecule has 0 spiro atoms. The maximum atomic E-state index is 11.6. The molecule has 14 heavy (non-hydrogen) atoms. The number of Topliss-reactive ketones (excluding diaryl/α,β-unsaturated/α-hetero) is 1. The highest BCUT2D eigenvalue weighted by Crippen LogP contribution is 2.23. The summed E-state index contributed by atoms with van der Waals surface area (Å²) in [6.07, 6.45) is 6.73. The Morgan fingerprint density at radius 3 is 3.00 bits per heavy atom. The molecule has 1 aromatic heterocycles. The number of hydrogen-bond acceptors (Lipinski definition) is 2. The van der Waals surface area contributed by atoms with Crippen LogP contribution in [0.25, 0.3) is 0 Å². The maximum absolute atomic E-state index is 11.6. The van der Waals surface area contributed by atoms with Crippen molar-refractivity contribution < 1.29 is 4.79 Å². The van der Waals surface area contributed by atoms with Crippen LogP contribution < -0.4 is 0 Å². The maximum Gasteiger partial charge on any atom is 0.136 e. The van der Waals surface area contributed by atoms with Gasteiger partial charge in [0.25, 0.3) is 0 Å². The first-order valence-corrected chi connectivity index (χ1v) is 5.29. The van der Waals surface area contributed by atoms with Gasteiger partial charge in [-0.15, -0.1) is 0 Å². The Morgan fingerprint density at radius 2 is 2.29 bits per heavy atom. The van der Waals surface area contributed by atoms with Gasteiger partial charge in [0.15, 0.2) is 0 Å². The fourth-order valence-electron chi connectivity index (χ4n) is 2.04. The summed E-state index contributed by atoms with van der Waals surface area (Å²) in [4.78, 5) is 15.8. The van der Waals surface area contributed by atoms with Crippen molar-refractivity contribution in [1.82, 2.24) is 4.98 Å². The van der Waals surface area contributed by atoms with E-state index >= 15 is 0 Å². The predicted molar refractivity (Wildman–Crippen MR) is 54.9 cm³/mol. The summed E-state index contributed by atoms with van der Waals surface area (Å²) in [5.74, 6) is 0.667. The summed E-state index contributed by atoms with van der Waals surface area (Å²) < 4.78 is 0. The van der Waals surface area contributed by atoms with Crippen LogP contribution in [0.1, 0.15) is 31.4 Å². The van der Waals surface area contributed by atoms with Crippen molar-refractivity contribution in [3.8, 4) is 0 Å². The number of hydrogen-bond donors (Lipinski definition) is 0. The highest BCUT2D eigenvalue weighted by Gasteiger charge is 2.22. The van der Waals surface area contributed by atoms with Crippen molar-refractivity contribution in [2.75, 3.05) is 0 Å². The molecule has 1 atom stereocenters. The van der Waals surface area contributed by atoms with Gasteiger partial charge in [-0.1, -0.05) is 12.5 Å². The average molecular weight is 189 g/mol. The molecule has 1 heterocycles. The van der Waals surface area contributed by atoms with Crippen LogP contribution in [0.15, 0.2) is 24.4 Å². The third kappa shape index (κ3) is 2.19. The molecule has 1 saturated carbocycles. The summed E-state index contributed by atoms with van der Waals surface area (Å²) in [5, 5.41) is 0. The van der Waals surface area contributed by atoms with Gasteiger partial charge >= 0.3 is 0 Å². The molecular weight excluding hydrogens is 174 g/mol. The van der Waals surface area contributed by atoms with Gasteiger partial charge in [0, 0.05) is 24.2 Å². The highest BCUT2D eigenvalue weighted by molar-refractivity contribution is 5.81. The molecule has 1 unspecified atom stereocenters. The van der Waals surface area contributed by atoms with E-state index < -0.39 is 0 Å². The third-order valence-electron chi connectivity index (χ3n) is 2.86. The molecule has 0 saturated heterocycles. The van der Waals surface area contributed by atoms with Crippen LogP contribution >= 0.6 is 0 Å². The van der Waals surface area contributed by atoms with E-state index in [1.54, 1.807) is 6.20 Å². The summed E-state index contributed by atoms with van der Waals surface area (Å²) in [6.45, 7) is 0. The minimum atomic E-state index is 0.235. The molecule has 0 N–H and O–H groups in total.